The van der Waals surface area contributed by atoms with E-state index in [1.807, 2.05) is 0 Å². The lowest BCUT2D eigenvalue weighted by atomic mass is 10.3. The predicted octanol–water partition coefficient (Wildman–Crippen LogP) is -0.301. The zero-order valence-electron chi connectivity index (χ0n) is 6.23. The molecule has 0 amide bonds. The van der Waals surface area contributed by atoms with Gasteiger partial charge in [0.05, 0.1) is 6.16 Å². The number of hydrogen-bond donors (Lipinski definition) is 3. The number of unbranched alkanes of at least 4 members (excludes halogenated alkanes) is 1. The molecule has 0 aliphatic rings. The van der Waals surface area contributed by atoms with Crippen molar-refractivity contribution in [2.24, 2.45) is 17.5 Å². The summed E-state index contributed by atoms with van der Waals surface area (Å²) in [6, 6.07) is 0. The van der Waals surface area contributed by atoms with Crippen molar-refractivity contribution in [3.63, 3.8) is 0 Å². The van der Waals surface area contributed by atoms with E-state index >= 15 is 0 Å². The van der Waals surface area contributed by atoms with Crippen molar-refractivity contribution in [2.75, 3.05) is 12.7 Å². The number of rotatable bonds is 6. The molecule has 0 rings (SSSR count). The van der Waals surface area contributed by atoms with Crippen molar-refractivity contribution in [2.45, 2.75) is 12.8 Å². The van der Waals surface area contributed by atoms with Gasteiger partial charge in [-0.05, 0) is 19.4 Å². The summed E-state index contributed by atoms with van der Waals surface area (Å²) in [5.41, 5.74) is 5.21. The average Bonchev–Trinajstić information content (AvgIpc) is 2.05. The van der Waals surface area contributed by atoms with Gasteiger partial charge >= 0.3 is 7.60 Å². The third kappa shape index (κ3) is 4.47. The number of nitrogens with two attached hydrogens (primary N) is 3. The van der Waals surface area contributed by atoms with Crippen molar-refractivity contribution in [3.8, 4) is 0 Å². The monoisotopic (exact) mass is 183 g/mol. The Morgan fingerprint density at radius 2 is 1.73 bits per heavy atom. The first-order chi connectivity index (χ1) is 5.18. The summed E-state index contributed by atoms with van der Waals surface area (Å²) in [5, 5.41) is 0. The largest absolute Gasteiger partial charge is 0.362 e. The van der Waals surface area contributed by atoms with Crippen LogP contribution in [0.2, 0.25) is 0 Å². The lowest BCUT2D eigenvalue weighted by Gasteiger charge is -2.10. The first kappa shape index (κ1) is 11.0. The van der Waals surface area contributed by atoms with Crippen molar-refractivity contribution in [1.29, 1.82) is 0 Å². The van der Waals surface area contributed by atoms with Crippen LogP contribution >= 0.6 is 7.60 Å². The molecule has 0 saturated carbocycles. The molecule has 0 saturated heterocycles. The first-order valence-corrected chi connectivity index (χ1v) is 4.97. The van der Waals surface area contributed by atoms with E-state index < -0.39 is 7.60 Å². The zero-order valence-corrected chi connectivity index (χ0v) is 7.13. The van der Waals surface area contributed by atoms with Crippen molar-refractivity contribution in [1.82, 2.24) is 0 Å². The second-order valence-electron chi connectivity index (χ2n) is 2.04. The fourth-order valence-corrected chi connectivity index (χ4v) is 1.45. The molecule has 0 atom stereocenters. The molecule has 68 valence electrons. The third-order valence-electron chi connectivity index (χ3n) is 1.21. The molecule has 0 aromatic rings. The lowest BCUT2D eigenvalue weighted by Crippen LogP contribution is -2.09. The smallest absolute Gasteiger partial charge is 0.330 e. The Morgan fingerprint density at radius 1 is 1.18 bits per heavy atom. The minimum Gasteiger partial charge on any atom is -0.330 e. The molecule has 11 heavy (non-hydrogen) atoms. The molecule has 0 aromatic heterocycles. The Labute approximate surface area is 65.5 Å². The molecule has 0 heterocycles. The van der Waals surface area contributed by atoms with Crippen molar-refractivity contribution < 1.29 is 13.8 Å². The van der Waals surface area contributed by atoms with Crippen LogP contribution in [0, 0.1) is 0 Å². The Kier molecular flexibility index (Phi) is 5.67. The van der Waals surface area contributed by atoms with E-state index in [1.165, 1.54) is 0 Å². The molecule has 0 radical (unpaired) electrons. The third-order valence-corrected chi connectivity index (χ3v) is 2.71. The minimum absolute atomic E-state index is 0.206. The van der Waals surface area contributed by atoms with E-state index in [2.05, 4.69) is 9.25 Å². The van der Waals surface area contributed by atoms with E-state index in [9.17, 15) is 4.57 Å². The van der Waals surface area contributed by atoms with Crippen molar-refractivity contribution in [3.05, 3.63) is 0 Å². The van der Waals surface area contributed by atoms with E-state index in [0.717, 1.165) is 6.42 Å². The molecule has 6 nitrogen and oxygen atoms in total. The summed E-state index contributed by atoms with van der Waals surface area (Å²) < 4.78 is 19.3. The SMILES string of the molecule is NCCCCP(=O)(ON)ON. The van der Waals surface area contributed by atoms with E-state index in [0.29, 0.717) is 13.0 Å². The van der Waals surface area contributed by atoms with Gasteiger partial charge in [0.15, 0.2) is 0 Å². The molecule has 0 aromatic carbocycles. The van der Waals surface area contributed by atoms with Crippen molar-refractivity contribution >= 4 is 7.60 Å². The van der Waals surface area contributed by atoms with Gasteiger partial charge in [-0.1, -0.05) is 0 Å². The molecule has 0 unspecified atom stereocenters. The fourth-order valence-electron chi connectivity index (χ4n) is 0.580. The Morgan fingerprint density at radius 3 is 2.09 bits per heavy atom. The van der Waals surface area contributed by atoms with Crippen LogP contribution in [0.5, 0.6) is 0 Å². The minimum atomic E-state index is -3.21. The molecular formula is C4H14N3O3P. The maximum Gasteiger partial charge on any atom is 0.362 e. The van der Waals surface area contributed by atoms with Crippen LogP contribution in [0.15, 0.2) is 0 Å². The van der Waals surface area contributed by atoms with Gasteiger partial charge in [-0.2, -0.15) is 0 Å². The lowest BCUT2D eigenvalue weighted by molar-refractivity contribution is 0.211. The van der Waals surface area contributed by atoms with Crippen LogP contribution in [0.25, 0.3) is 0 Å². The van der Waals surface area contributed by atoms with Gasteiger partial charge in [0.2, 0.25) is 0 Å². The van der Waals surface area contributed by atoms with Crippen LogP contribution in [0.4, 0.5) is 0 Å². The van der Waals surface area contributed by atoms with Gasteiger partial charge in [0.1, 0.15) is 0 Å². The summed E-state index contributed by atoms with van der Waals surface area (Å²) in [7, 11) is -3.21. The first-order valence-electron chi connectivity index (χ1n) is 3.24. The topological polar surface area (TPSA) is 114 Å². The Hall–Kier alpha value is 0.0300. The molecule has 7 heteroatoms. The molecular weight excluding hydrogens is 169 g/mol. The molecule has 0 aliphatic carbocycles. The van der Waals surface area contributed by atoms with E-state index in [-0.39, 0.29) is 6.16 Å². The van der Waals surface area contributed by atoms with E-state index in [1.54, 1.807) is 0 Å². The van der Waals surface area contributed by atoms with E-state index in [4.69, 9.17) is 17.5 Å². The molecule has 0 bridgehead atoms. The van der Waals surface area contributed by atoms with Gasteiger partial charge in [0, 0.05) is 0 Å². The highest BCUT2D eigenvalue weighted by Crippen LogP contribution is 2.44. The summed E-state index contributed by atoms with van der Waals surface area (Å²) in [6.45, 7) is 0.537. The van der Waals surface area contributed by atoms with Crippen LogP contribution in [-0.4, -0.2) is 12.7 Å². The second kappa shape index (κ2) is 5.65. The standard InChI is InChI=1S/C4H14N3O3P/c5-3-1-2-4-11(8,9-6)10-7/h1-7H2. The summed E-state index contributed by atoms with van der Waals surface area (Å²) >= 11 is 0. The molecule has 0 spiro atoms. The van der Waals surface area contributed by atoms with Gasteiger partial charge in [-0.15, -0.1) is 0 Å². The summed E-state index contributed by atoms with van der Waals surface area (Å²) in [5.74, 6) is 9.40. The Balaban J connectivity index is 3.61. The normalized spacial score (nSPS) is 11.9. The highest BCUT2D eigenvalue weighted by Gasteiger charge is 2.21. The predicted molar refractivity (Wildman–Crippen MR) is 41.3 cm³/mol. The fraction of sp³-hybridized carbons (Fsp3) is 1.00. The zero-order chi connectivity index (χ0) is 8.74. The highest BCUT2D eigenvalue weighted by molar-refractivity contribution is 7.53. The van der Waals surface area contributed by atoms with Gasteiger partial charge in [-0.25, -0.2) is 21.0 Å². The maximum atomic E-state index is 11.1. The average molecular weight is 183 g/mol. The molecule has 6 N–H and O–H groups in total. The van der Waals surface area contributed by atoms with Gasteiger partial charge in [0.25, 0.3) is 0 Å². The van der Waals surface area contributed by atoms with Gasteiger partial charge < -0.3 is 5.73 Å². The second-order valence-corrected chi connectivity index (χ2v) is 4.13. The molecule has 0 fully saturated rings. The Bertz CT molecular complexity index is 135. The summed E-state index contributed by atoms with van der Waals surface area (Å²) in [4.78, 5) is 0. The van der Waals surface area contributed by atoms with Gasteiger partial charge in [-0.3, -0.25) is 4.57 Å². The molecule has 0 aliphatic heterocycles. The highest BCUT2D eigenvalue weighted by atomic mass is 31.2. The van der Waals surface area contributed by atoms with Crippen LogP contribution in [-0.2, 0) is 13.8 Å². The maximum absolute atomic E-state index is 11.1. The van der Waals surface area contributed by atoms with Crippen LogP contribution < -0.4 is 17.5 Å². The van der Waals surface area contributed by atoms with Crippen LogP contribution in [0.3, 0.4) is 0 Å². The quantitative estimate of drug-likeness (QED) is 0.296. The number of hydrogen-bond acceptors (Lipinski definition) is 6. The summed E-state index contributed by atoms with van der Waals surface area (Å²) in [6.07, 6.45) is 1.58. The van der Waals surface area contributed by atoms with Crippen LogP contribution in [0.1, 0.15) is 12.8 Å².